The number of phenols is 1. The van der Waals surface area contributed by atoms with E-state index in [9.17, 15) is 14.7 Å². The van der Waals surface area contributed by atoms with Crippen molar-refractivity contribution in [2.75, 3.05) is 0 Å². The summed E-state index contributed by atoms with van der Waals surface area (Å²) < 4.78 is 0. The first kappa shape index (κ1) is 16.8. The van der Waals surface area contributed by atoms with Crippen LogP contribution < -0.4 is 10.6 Å². The summed E-state index contributed by atoms with van der Waals surface area (Å²) in [5.74, 6) is -0.441. The van der Waals surface area contributed by atoms with Crippen LogP contribution in [0, 0.1) is 0 Å². The molecule has 0 aliphatic carbocycles. The van der Waals surface area contributed by atoms with Crippen LogP contribution in [-0.2, 0) is 15.0 Å². The number of hydrogen-bond acceptors (Lipinski definition) is 3. The van der Waals surface area contributed by atoms with Crippen LogP contribution in [0.5, 0.6) is 5.75 Å². The van der Waals surface area contributed by atoms with Gasteiger partial charge in [-0.25, -0.2) is 0 Å². The minimum atomic E-state index is -0.561. The second-order valence-corrected chi connectivity index (χ2v) is 6.81. The SMILES string of the molecule is C=CC(C)(C)c1[nH]c2cc(O)ccc2c1/C=C1\NC(=O)[C@H](C)NC1=O. The molecule has 1 saturated heterocycles. The topological polar surface area (TPSA) is 94.2 Å². The Bertz CT molecular complexity index is 921. The van der Waals surface area contributed by atoms with Gasteiger partial charge in [-0.05, 0) is 25.1 Å². The van der Waals surface area contributed by atoms with Gasteiger partial charge in [0.2, 0.25) is 5.91 Å². The molecule has 2 aromatic rings. The first-order valence-corrected chi connectivity index (χ1v) is 8.05. The molecule has 3 rings (SSSR count). The fourth-order valence-corrected chi connectivity index (χ4v) is 2.85. The molecule has 2 heterocycles. The minimum Gasteiger partial charge on any atom is -0.508 e. The summed E-state index contributed by atoms with van der Waals surface area (Å²) in [6.07, 6.45) is 3.47. The van der Waals surface area contributed by atoms with Crippen molar-refractivity contribution in [3.63, 3.8) is 0 Å². The normalized spacial score (nSPS) is 19.8. The number of nitrogens with one attached hydrogen (secondary N) is 3. The van der Waals surface area contributed by atoms with Crippen LogP contribution in [0.15, 0.2) is 36.6 Å². The lowest BCUT2D eigenvalue weighted by molar-refractivity contribution is -0.130. The first-order valence-electron chi connectivity index (χ1n) is 8.05. The zero-order chi connectivity index (χ0) is 18.4. The molecule has 130 valence electrons. The van der Waals surface area contributed by atoms with E-state index in [0.717, 1.165) is 22.2 Å². The highest BCUT2D eigenvalue weighted by atomic mass is 16.3. The fraction of sp³-hybridized carbons (Fsp3) is 0.263. The van der Waals surface area contributed by atoms with E-state index in [2.05, 4.69) is 22.2 Å². The van der Waals surface area contributed by atoms with E-state index in [1.807, 2.05) is 13.8 Å². The average Bonchev–Trinajstić information content (AvgIpc) is 2.91. The van der Waals surface area contributed by atoms with Crippen LogP contribution in [0.3, 0.4) is 0 Å². The fourth-order valence-electron chi connectivity index (χ4n) is 2.85. The third-order valence-electron chi connectivity index (χ3n) is 4.51. The zero-order valence-corrected chi connectivity index (χ0v) is 14.4. The zero-order valence-electron chi connectivity index (χ0n) is 14.4. The van der Waals surface area contributed by atoms with Gasteiger partial charge in [0.25, 0.3) is 5.91 Å². The summed E-state index contributed by atoms with van der Waals surface area (Å²) in [6, 6.07) is 4.43. The van der Waals surface area contributed by atoms with Gasteiger partial charge >= 0.3 is 0 Å². The van der Waals surface area contributed by atoms with Gasteiger partial charge in [-0.1, -0.05) is 19.9 Å². The Balaban J connectivity index is 2.22. The number of fused-ring (bicyclic) bond motifs is 1. The van der Waals surface area contributed by atoms with Crippen LogP contribution in [0.25, 0.3) is 17.0 Å². The van der Waals surface area contributed by atoms with Gasteiger partial charge in [-0.2, -0.15) is 0 Å². The van der Waals surface area contributed by atoms with Gasteiger partial charge in [-0.15, -0.1) is 6.58 Å². The van der Waals surface area contributed by atoms with Crippen LogP contribution >= 0.6 is 0 Å². The van der Waals surface area contributed by atoms with E-state index in [1.54, 1.807) is 37.3 Å². The highest BCUT2D eigenvalue weighted by molar-refractivity contribution is 6.08. The lowest BCUT2D eigenvalue weighted by Crippen LogP contribution is -2.53. The average molecular weight is 339 g/mol. The molecule has 0 saturated carbocycles. The molecule has 6 heteroatoms. The second-order valence-electron chi connectivity index (χ2n) is 6.81. The molecule has 1 aromatic carbocycles. The quantitative estimate of drug-likeness (QED) is 0.510. The summed E-state index contributed by atoms with van der Waals surface area (Å²) in [4.78, 5) is 27.4. The van der Waals surface area contributed by atoms with Crippen LogP contribution in [0.2, 0.25) is 0 Å². The van der Waals surface area contributed by atoms with Gasteiger partial charge in [0.05, 0.1) is 0 Å². The van der Waals surface area contributed by atoms with Crippen molar-refractivity contribution >= 4 is 28.8 Å². The molecule has 0 spiro atoms. The monoisotopic (exact) mass is 339 g/mol. The molecular formula is C19H21N3O3. The van der Waals surface area contributed by atoms with E-state index in [1.165, 1.54) is 0 Å². The standard InChI is InChI=1S/C19H21N3O3/c1-5-19(3,4)16-13(12-7-6-11(23)8-14(12)21-16)9-15-18(25)20-10(2)17(24)22-15/h5-10,21,23H,1H2,2-4H3,(H,20,25)(H,22,24)/b15-9-/t10-/m0/s1. The Kier molecular flexibility index (Phi) is 3.91. The highest BCUT2D eigenvalue weighted by Gasteiger charge is 2.28. The molecule has 4 N–H and O–H groups in total. The van der Waals surface area contributed by atoms with Crippen molar-refractivity contribution in [1.29, 1.82) is 0 Å². The van der Waals surface area contributed by atoms with Crippen LogP contribution in [-0.4, -0.2) is 27.9 Å². The molecule has 0 radical (unpaired) electrons. The van der Waals surface area contributed by atoms with Crippen LogP contribution in [0.1, 0.15) is 32.0 Å². The van der Waals surface area contributed by atoms with Crippen molar-refractivity contribution in [2.45, 2.75) is 32.2 Å². The number of hydrogen-bond donors (Lipinski definition) is 4. The number of phenolic OH excluding ortho intramolecular Hbond substituents is 1. The van der Waals surface area contributed by atoms with Crippen LogP contribution in [0.4, 0.5) is 0 Å². The summed E-state index contributed by atoms with van der Waals surface area (Å²) in [7, 11) is 0. The highest BCUT2D eigenvalue weighted by Crippen LogP contribution is 2.35. The Morgan fingerprint density at radius 1 is 1.28 bits per heavy atom. The van der Waals surface area contributed by atoms with E-state index in [4.69, 9.17) is 0 Å². The van der Waals surface area contributed by atoms with Crippen molar-refractivity contribution in [2.24, 2.45) is 0 Å². The lowest BCUT2D eigenvalue weighted by atomic mass is 9.86. The summed E-state index contributed by atoms with van der Waals surface area (Å²) in [5.41, 5.74) is 2.16. The molecule has 1 aliphatic rings. The third kappa shape index (κ3) is 2.91. The minimum absolute atomic E-state index is 0.147. The number of aromatic hydroxyl groups is 1. The Hall–Kier alpha value is -3.02. The van der Waals surface area contributed by atoms with Crippen molar-refractivity contribution in [3.05, 3.63) is 47.8 Å². The van der Waals surface area contributed by atoms with Gasteiger partial charge in [0, 0.05) is 33.6 Å². The maximum absolute atomic E-state index is 12.2. The van der Waals surface area contributed by atoms with Crippen molar-refractivity contribution in [1.82, 2.24) is 15.6 Å². The smallest absolute Gasteiger partial charge is 0.268 e. The third-order valence-corrected chi connectivity index (χ3v) is 4.51. The number of benzene rings is 1. The predicted octanol–water partition coefficient (Wildman–Crippen LogP) is 2.31. The Labute approximate surface area is 145 Å². The molecule has 1 fully saturated rings. The Morgan fingerprint density at radius 3 is 2.68 bits per heavy atom. The van der Waals surface area contributed by atoms with Gasteiger partial charge in [0.1, 0.15) is 17.5 Å². The molecule has 0 bridgehead atoms. The molecule has 2 amide bonds. The van der Waals surface area contributed by atoms with Gasteiger partial charge in [0.15, 0.2) is 0 Å². The second kappa shape index (κ2) is 5.81. The Morgan fingerprint density at radius 2 is 2.00 bits per heavy atom. The van der Waals surface area contributed by atoms with E-state index in [0.29, 0.717) is 0 Å². The largest absolute Gasteiger partial charge is 0.508 e. The summed E-state index contributed by atoms with van der Waals surface area (Å²) in [6.45, 7) is 9.50. The number of allylic oxidation sites excluding steroid dienone is 1. The number of piperazine rings is 1. The van der Waals surface area contributed by atoms with Gasteiger partial charge in [-0.3, -0.25) is 9.59 Å². The molecular weight excluding hydrogens is 318 g/mol. The molecule has 1 atom stereocenters. The summed E-state index contributed by atoms with van der Waals surface area (Å²) >= 11 is 0. The van der Waals surface area contributed by atoms with Crippen molar-refractivity contribution < 1.29 is 14.7 Å². The number of amides is 2. The molecule has 6 nitrogen and oxygen atoms in total. The van der Waals surface area contributed by atoms with Crippen molar-refractivity contribution in [3.8, 4) is 5.75 Å². The summed E-state index contributed by atoms with van der Waals surface area (Å²) in [5, 5.41) is 15.9. The molecule has 25 heavy (non-hydrogen) atoms. The van der Waals surface area contributed by atoms with E-state index in [-0.39, 0.29) is 23.3 Å². The molecule has 1 aliphatic heterocycles. The van der Waals surface area contributed by atoms with E-state index >= 15 is 0 Å². The molecule has 1 aromatic heterocycles. The number of aromatic amines is 1. The maximum atomic E-state index is 12.2. The number of carbonyl (C=O) groups excluding carboxylic acids is 2. The van der Waals surface area contributed by atoms with Gasteiger partial charge < -0.3 is 20.7 Å². The maximum Gasteiger partial charge on any atom is 0.268 e. The number of carbonyl (C=O) groups is 2. The lowest BCUT2D eigenvalue weighted by Gasteiger charge is -2.23. The molecule has 0 unspecified atom stereocenters. The number of H-pyrrole nitrogens is 1. The number of aromatic nitrogens is 1. The first-order chi connectivity index (χ1) is 11.7. The number of rotatable bonds is 3. The van der Waals surface area contributed by atoms with E-state index < -0.39 is 11.5 Å². The predicted molar refractivity (Wildman–Crippen MR) is 96.9 cm³/mol.